The summed E-state index contributed by atoms with van der Waals surface area (Å²) >= 11 is 0. The molecule has 4 aliphatic rings. The smallest absolute Gasteiger partial charge is 0.306 e. The number of hydrogen-bond donors (Lipinski definition) is 2. The normalized spacial score (nSPS) is 23.8. The molecule has 0 spiro atoms. The van der Waals surface area contributed by atoms with E-state index < -0.39 is 18.0 Å². The fraction of sp³-hybridized carbons (Fsp3) is 0.432. The summed E-state index contributed by atoms with van der Waals surface area (Å²) in [5, 5.41) is 3.14. The molecule has 12 heteroatoms. The number of aromatic amines is 1. The monoisotopic (exact) mass is 755 g/mol. The zero-order valence-corrected chi connectivity index (χ0v) is 32.2. The standard InChI is InChI=1S/C44H49N7O5/c1-26(55-2)35(21-39(52)56-3)44(54)51-18-4-5-38(51)42-48-25-37(50-42)30-12-10-28(11-13-30)27-6-8-29(9-7-27)33-20-36(47-22-33)40-31-14-15-32(19-31)41(40)43(53)49-24-34-23-45-16-17-46-34/h6-13,16-17,22-23,25-26,31-32,35,38,40-41H,4-5,14-15,18-21,24H2,1-3H3,(H,48,50)(H,49,53)/t26-,31?,32?,35+,38+,40?,41-/m1/s1. The summed E-state index contributed by atoms with van der Waals surface area (Å²) in [5.74, 6) is 0.726. The molecule has 1 saturated heterocycles. The van der Waals surface area contributed by atoms with Gasteiger partial charge in [-0.15, -0.1) is 0 Å². The van der Waals surface area contributed by atoms with E-state index in [1.54, 1.807) is 32.6 Å². The summed E-state index contributed by atoms with van der Waals surface area (Å²) in [6, 6.07) is 16.8. The molecule has 8 rings (SSSR count). The van der Waals surface area contributed by atoms with Gasteiger partial charge in [0, 0.05) is 56.2 Å². The lowest BCUT2D eigenvalue weighted by Crippen LogP contribution is -2.41. The van der Waals surface area contributed by atoms with Crippen LogP contribution >= 0.6 is 0 Å². The van der Waals surface area contributed by atoms with Crippen molar-refractivity contribution in [3.63, 3.8) is 0 Å². The zero-order chi connectivity index (χ0) is 38.8. The first-order valence-corrected chi connectivity index (χ1v) is 19.8. The third kappa shape index (κ3) is 7.54. The third-order valence-electron chi connectivity index (χ3n) is 12.5. The van der Waals surface area contributed by atoms with Gasteiger partial charge in [-0.25, -0.2) is 4.98 Å². The summed E-state index contributed by atoms with van der Waals surface area (Å²) < 4.78 is 10.3. The van der Waals surface area contributed by atoms with Crippen LogP contribution in [0.1, 0.15) is 75.0 Å². The highest BCUT2D eigenvalue weighted by Gasteiger charge is 2.52. The number of methoxy groups -OCH3 is 2. The Kier molecular flexibility index (Phi) is 10.9. The quantitative estimate of drug-likeness (QED) is 0.145. The molecule has 3 fully saturated rings. The van der Waals surface area contributed by atoms with Crippen LogP contribution in [0.2, 0.25) is 0 Å². The number of H-pyrrole nitrogens is 1. The van der Waals surface area contributed by atoms with Crippen LogP contribution in [0.3, 0.4) is 0 Å². The van der Waals surface area contributed by atoms with Crippen molar-refractivity contribution < 1.29 is 23.9 Å². The molecule has 56 heavy (non-hydrogen) atoms. The van der Waals surface area contributed by atoms with Gasteiger partial charge in [-0.05, 0) is 78.7 Å². The first-order valence-electron chi connectivity index (χ1n) is 19.8. The SMILES string of the molecule is COC(=O)C[C@H](C(=O)N1CCC[C@H]1c1ncc(-c2ccc(-c3ccc(C4=CN=C(C5C6CCC(C6)[C@H]5C(=O)NCc5cnccn5)C4)cc3)cc2)[nH]1)[C@@H](C)OC. The van der Waals surface area contributed by atoms with Crippen LogP contribution in [0.4, 0.5) is 0 Å². The molecular weight excluding hydrogens is 707 g/mol. The number of ether oxygens (including phenoxy) is 2. The maximum Gasteiger partial charge on any atom is 0.306 e. The van der Waals surface area contributed by atoms with Crippen LogP contribution in [-0.4, -0.2) is 75.2 Å². The van der Waals surface area contributed by atoms with Crippen LogP contribution in [-0.2, 0) is 30.4 Å². The number of aliphatic imine (C=N–C) groups is 1. The number of allylic oxidation sites excluding steroid dienone is 1. The molecule has 2 amide bonds. The van der Waals surface area contributed by atoms with Gasteiger partial charge in [0.05, 0.1) is 61.9 Å². The van der Waals surface area contributed by atoms with Gasteiger partial charge in [0.1, 0.15) is 5.82 Å². The van der Waals surface area contributed by atoms with E-state index >= 15 is 0 Å². The third-order valence-corrected chi connectivity index (χ3v) is 12.5. The van der Waals surface area contributed by atoms with E-state index in [9.17, 15) is 14.4 Å². The van der Waals surface area contributed by atoms with Crippen molar-refractivity contribution in [2.45, 2.75) is 70.6 Å². The van der Waals surface area contributed by atoms with Crippen molar-refractivity contribution in [2.75, 3.05) is 20.8 Å². The van der Waals surface area contributed by atoms with Crippen molar-refractivity contribution in [2.24, 2.45) is 34.6 Å². The first kappa shape index (κ1) is 37.4. The largest absolute Gasteiger partial charge is 0.469 e. The van der Waals surface area contributed by atoms with Crippen molar-refractivity contribution in [1.82, 2.24) is 30.2 Å². The Bertz CT molecular complexity index is 2110. The molecule has 2 aliphatic heterocycles. The molecule has 4 aromatic rings. The second-order valence-corrected chi connectivity index (χ2v) is 15.6. The summed E-state index contributed by atoms with van der Waals surface area (Å²) in [6.07, 6.45) is 14.1. The van der Waals surface area contributed by atoms with Crippen LogP contribution in [0.25, 0.3) is 28.0 Å². The summed E-state index contributed by atoms with van der Waals surface area (Å²) in [7, 11) is 2.88. The number of nitrogens with one attached hydrogen (secondary N) is 2. The average Bonchev–Trinajstić information content (AvgIpc) is 4.10. The predicted molar refractivity (Wildman–Crippen MR) is 211 cm³/mol. The number of benzene rings is 2. The summed E-state index contributed by atoms with van der Waals surface area (Å²) in [5.41, 5.74) is 8.33. The van der Waals surface area contributed by atoms with E-state index in [4.69, 9.17) is 19.5 Å². The molecule has 4 heterocycles. The Hall–Kier alpha value is -5.49. The number of carbonyl (C=O) groups excluding carboxylic acids is 3. The van der Waals surface area contributed by atoms with E-state index in [0.29, 0.717) is 24.9 Å². The van der Waals surface area contributed by atoms with Gasteiger partial charge in [0.25, 0.3) is 0 Å². The maximum absolute atomic E-state index is 13.7. The first-order chi connectivity index (χ1) is 27.3. The zero-order valence-electron chi connectivity index (χ0n) is 32.2. The Balaban J connectivity index is 0.889. The second kappa shape index (κ2) is 16.3. The van der Waals surface area contributed by atoms with Crippen molar-refractivity contribution >= 4 is 29.1 Å². The van der Waals surface area contributed by atoms with Gasteiger partial charge in [-0.3, -0.25) is 29.3 Å². The Morgan fingerprint density at radius 2 is 1.64 bits per heavy atom. The Morgan fingerprint density at radius 3 is 2.36 bits per heavy atom. The van der Waals surface area contributed by atoms with Crippen LogP contribution in [0.15, 0.2) is 84.5 Å². The van der Waals surface area contributed by atoms with Crippen molar-refractivity contribution in [1.29, 1.82) is 0 Å². The lowest BCUT2D eigenvalue weighted by Gasteiger charge is -2.30. The molecule has 12 nitrogen and oxygen atoms in total. The number of nitrogens with zero attached hydrogens (tertiary/aromatic N) is 5. The number of carbonyl (C=O) groups is 3. The minimum atomic E-state index is -0.633. The number of amides is 2. The molecule has 2 aromatic heterocycles. The van der Waals surface area contributed by atoms with E-state index in [1.165, 1.54) is 19.1 Å². The van der Waals surface area contributed by atoms with Gasteiger partial charge in [0.15, 0.2) is 0 Å². The fourth-order valence-electron chi connectivity index (χ4n) is 9.47. The molecule has 7 atom stereocenters. The van der Waals surface area contributed by atoms with E-state index in [2.05, 4.69) is 68.8 Å². The number of likely N-dealkylation sites (tertiary alicyclic amines) is 1. The van der Waals surface area contributed by atoms with Crippen LogP contribution in [0.5, 0.6) is 0 Å². The number of imidazole rings is 1. The summed E-state index contributed by atoms with van der Waals surface area (Å²) in [6.45, 7) is 2.79. The lowest BCUT2D eigenvalue weighted by atomic mass is 9.75. The van der Waals surface area contributed by atoms with Crippen molar-refractivity contribution in [3.8, 4) is 22.4 Å². The molecule has 0 radical (unpaired) electrons. The Labute approximate surface area is 327 Å². The van der Waals surface area contributed by atoms with E-state index in [-0.39, 0.29) is 36.1 Å². The number of fused-ring (bicyclic) bond motifs is 2. The fourth-order valence-corrected chi connectivity index (χ4v) is 9.47. The predicted octanol–water partition coefficient (Wildman–Crippen LogP) is 6.58. The molecule has 2 aliphatic carbocycles. The minimum Gasteiger partial charge on any atom is -0.469 e. The molecule has 3 unspecified atom stereocenters. The number of aromatic nitrogens is 4. The second-order valence-electron chi connectivity index (χ2n) is 15.6. The van der Waals surface area contributed by atoms with Crippen LogP contribution < -0.4 is 5.32 Å². The van der Waals surface area contributed by atoms with E-state index in [1.807, 2.05) is 17.3 Å². The van der Waals surface area contributed by atoms with Gasteiger partial charge in [0.2, 0.25) is 11.8 Å². The molecule has 2 bridgehead atoms. The highest BCUT2D eigenvalue weighted by molar-refractivity contribution is 6.02. The molecule has 2 N–H and O–H groups in total. The maximum atomic E-state index is 13.7. The molecule has 2 saturated carbocycles. The number of esters is 1. The topological polar surface area (TPSA) is 152 Å². The molecular formula is C44H49N7O5. The van der Waals surface area contributed by atoms with E-state index in [0.717, 1.165) is 77.3 Å². The van der Waals surface area contributed by atoms with Crippen molar-refractivity contribution in [3.05, 3.63) is 96.6 Å². The minimum absolute atomic E-state index is 0.0324. The highest BCUT2D eigenvalue weighted by atomic mass is 16.5. The lowest BCUT2D eigenvalue weighted by molar-refractivity contribution is -0.151. The molecule has 290 valence electrons. The number of rotatable bonds is 13. The highest BCUT2D eigenvalue weighted by Crippen LogP contribution is 2.54. The summed E-state index contributed by atoms with van der Waals surface area (Å²) in [4.78, 5) is 62.7. The van der Waals surface area contributed by atoms with Gasteiger partial charge in [-0.2, -0.15) is 0 Å². The van der Waals surface area contributed by atoms with Gasteiger partial charge < -0.3 is 24.7 Å². The number of hydrogen-bond acceptors (Lipinski definition) is 9. The van der Waals surface area contributed by atoms with Gasteiger partial charge in [-0.1, -0.05) is 48.5 Å². The molecule has 2 aromatic carbocycles. The van der Waals surface area contributed by atoms with Gasteiger partial charge >= 0.3 is 5.97 Å². The average molecular weight is 756 g/mol. The van der Waals surface area contributed by atoms with Crippen LogP contribution in [0, 0.1) is 29.6 Å². The Morgan fingerprint density at radius 1 is 0.911 bits per heavy atom.